The van der Waals surface area contributed by atoms with Gasteiger partial charge < -0.3 is 0 Å². The number of rotatable bonds is 4. The Balaban J connectivity index is 2.10. The average molecular weight is 330 g/mol. The van der Waals surface area contributed by atoms with E-state index in [-0.39, 0.29) is 37.2 Å². The molecule has 0 aliphatic carbocycles. The number of hydrogen-bond acceptors (Lipinski definition) is 4. The summed E-state index contributed by atoms with van der Waals surface area (Å²) in [4.78, 5) is 27.7. The number of aliphatic hydroxyl groups excluding tert-OH is 1. The van der Waals surface area contributed by atoms with Crippen LogP contribution in [0.4, 0.5) is 0 Å². The molecule has 3 unspecified atom stereocenters. The molecule has 19 heavy (non-hydrogen) atoms. The van der Waals surface area contributed by atoms with Gasteiger partial charge in [0.25, 0.3) is 0 Å². The zero-order chi connectivity index (χ0) is 13.8. The fourth-order valence-electron chi connectivity index (χ4n) is 2.09. The first-order valence-electron chi connectivity index (χ1n) is 5.74. The number of H-pyrrole nitrogens is 1. The van der Waals surface area contributed by atoms with Crippen LogP contribution in [0.25, 0.3) is 10.4 Å². The third-order valence-electron chi connectivity index (χ3n) is 2.98. The molecule has 3 atom stereocenters. The summed E-state index contributed by atoms with van der Waals surface area (Å²) in [5.74, 6) is 0. The molecule has 1 aliphatic rings. The van der Waals surface area contributed by atoms with Crippen LogP contribution in [0.15, 0.2) is 27.0 Å². The molecule has 0 radical (unpaired) electrons. The number of nitrogens with one attached hydrogen (secondary N) is 1. The molecule has 1 fully saturated rings. The summed E-state index contributed by atoms with van der Waals surface area (Å²) in [7, 11) is 0. The van der Waals surface area contributed by atoms with Crippen LogP contribution in [-0.2, 0) is 6.54 Å². The van der Waals surface area contributed by atoms with E-state index in [1.807, 2.05) is 0 Å². The molecular weight excluding hydrogens is 317 g/mol. The molecule has 0 amide bonds. The molecule has 2 heterocycles. The molecule has 1 aromatic heterocycles. The van der Waals surface area contributed by atoms with Crippen LogP contribution in [0, 0.1) is 0 Å². The van der Waals surface area contributed by atoms with Crippen LogP contribution >= 0.6 is 0 Å². The Labute approximate surface area is 114 Å². The van der Waals surface area contributed by atoms with Gasteiger partial charge in [-0.3, -0.25) is 0 Å². The third-order valence-corrected chi connectivity index (χ3v) is 6.21. The summed E-state index contributed by atoms with van der Waals surface area (Å²) in [6.07, 6.45) is 2.13. The monoisotopic (exact) mass is 331 g/mol. The van der Waals surface area contributed by atoms with Gasteiger partial charge in [-0.15, -0.1) is 0 Å². The van der Waals surface area contributed by atoms with Crippen molar-refractivity contribution in [1.29, 1.82) is 0 Å². The summed E-state index contributed by atoms with van der Waals surface area (Å²) >= 11 is 0.100. The molecule has 8 nitrogen and oxygen atoms in total. The number of aliphatic hydroxyl groups is 1. The second-order valence-electron chi connectivity index (χ2n) is 4.25. The van der Waals surface area contributed by atoms with Crippen molar-refractivity contribution in [2.75, 3.05) is 6.61 Å². The van der Waals surface area contributed by atoms with Crippen molar-refractivity contribution in [2.24, 2.45) is 5.11 Å². The first-order chi connectivity index (χ1) is 9.13. The van der Waals surface area contributed by atoms with Gasteiger partial charge in [-0.2, -0.15) is 0 Å². The van der Waals surface area contributed by atoms with Gasteiger partial charge >= 0.3 is 114 Å². The van der Waals surface area contributed by atoms with Crippen LogP contribution in [0.1, 0.15) is 6.42 Å². The van der Waals surface area contributed by atoms with Crippen molar-refractivity contribution in [3.8, 4) is 0 Å². The van der Waals surface area contributed by atoms with E-state index in [2.05, 4.69) is 15.0 Å². The second kappa shape index (κ2) is 6.08. The summed E-state index contributed by atoms with van der Waals surface area (Å²) in [5.41, 5.74) is 7.63. The van der Waals surface area contributed by atoms with Gasteiger partial charge in [-0.25, -0.2) is 0 Å². The van der Waals surface area contributed by atoms with Crippen molar-refractivity contribution in [3.05, 3.63) is 43.5 Å². The Kier molecular flexibility index (Phi) is 4.44. The average Bonchev–Trinajstić information content (AvgIpc) is 2.75. The Bertz CT molecular complexity index is 606. The van der Waals surface area contributed by atoms with Crippen LogP contribution in [0.3, 0.4) is 0 Å². The molecule has 2 rings (SSSR count). The molecule has 1 aliphatic heterocycles. The normalized spacial score (nSPS) is 26.1. The van der Waals surface area contributed by atoms with Gasteiger partial charge in [0, 0.05) is 0 Å². The zero-order valence-corrected chi connectivity index (χ0v) is 11.7. The molecular formula is C10H13N5O3Se. The Morgan fingerprint density at radius 3 is 3.05 bits per heavy atom. The van der Waals surface area contributed by atoms with Gasteiger partial charge in [0.05, 0.1) is 0 Å². The predicted molar refractivity (Wildman–Crippen MR) is 69.2 cm³/mol. The summed E-state index contributed by atoms with van der Waals surface area (Å²) in [6.45, 7) is 0.476. The minimum absolute atomic E-state index is 0.000703. The zero-order valence-electron chi connectivity index (χ0n) is 9.97. The summed E-state index contributed by atoms with van der Waals surface area (Å²) in [5, 5.41) is 12.9. The number of azide groups is 1. The van der Waals surface area contributed by atoms with Crippen molar-refractivity contribution in [2.45, 2.75) is 28.6 Å². The van der Waals surface area contributed by atoms with Gasteiger partial charge in [0.1, 0.15) is 0 Å². The Morgan fingerprint density at radius 2 is 2.42 bits per heavy atom. The molecule has 9 heteroatoms. The van der Waals surface area contributed by atoms with E-state index in [1.54, 1.807) is 0 Å². The van der Waals surface area contributed by atoms with E-state index in [1.165, 1.54) is 16.8 Å². The van der Waals surface area contributed by atoms with Crippen LogP contribution in [-0.4, -0.2) is 42.3 Å². The molecule has 2 N–H and O–H groups in total. The van der Waals surface area contributed by atoms with Gasteiger partial charge in [0.15, 0.2) is 0 Å². The Hall–Kier alpha value is -1.53. The number of aromatic nitrogens is 2. The molecule has 1 saturated heterocycles. The molecule has 0 aromatic carbocycles. The van der Waals surface area contributed by atoms with Crippen LogP contribution in [0.2, 0.25) is 9.63 Å². The predicted octanol–water partition coefficient (Wildman–Crippen LogP) is -0.107. The molecule has 0 bridgehead atoms. The van der Waals surface area contributed by atoms with E-state index in [0.29, 0.717) is 13.0 Å². The molecule has 102 valence electrons. The number of aromatic amines is 1. The number of nitrogens with zero attached hydrogens (tertiary/aromatic N) is 4. The van der Waals surface area contributed by atoms with Crippen molar-refractivity contribution in [3.63, 3.8) is 0 Å². The van der Waals surface area contributed by atoms with E-state index < -0.39 is 11.2 Å². The summed E-state index contributed by atoms with van der Waals surface area (Å²) in [6, 6.07) is 1.11. The van der Waals surface area contributed by atoms with E-state index in [0.717, 1.165) is 0 Å². The Morgan fingerprint density at radius 1 is 1.63 bits per heavy atom. The van der Waals surface area contributed by atoms with Crippen LogP contribution in [0.5, 0.6) is 0 Å². The fraction of sp³-hybridized carbons (Fsp3) is 0.600. The fourth-order valence-corrected chi connectivity index (χ4v) is 5.20. The maximum absolute atomic E-state index is 11.6. The maximum atomic E-state index is 11.6. The topological polar surface area (TPSA) is 124 Å². The molecule has 0 saturated carbocycles. The first kappa shape index (κ1) is 13.9. The molecule has 1 aromatic rings. The quantitative estimate of drug-likeness (QED) is 0.346. The van der Waals surface area contributed by atoms with Gasteiger partial charge in [-0.1, -0.05) is 0 Å². The standard InChI is InChI=1S/C10H13N5O3Se/c11-14-13-7-3-6(19-8(7)5-16)4-15-2-1-9(17)12-10(15)18/h1-2,6-8,16H,3-5H2,(H,12,17,18). The first-order valence-corrected chi connectivity index (χ1v) is 7.72. The third kappa shape index (κ3) is 3.27. The van der Waals surface area contributed by atoms with Crippen molar-refractivity contribution < 1.29 is 5.11 Å². The SMILES string of the molecule is [N-]=[N+]=NC1CC(Cn2ccc(=O)[nH]c2=O)[Se]C1CO. The van der Waals surface area contributed by atoms with Crippen molar-refractivity contribution in [1.82, 2.24) is 9.55 Å². The minimum atomic E-state index is -0.434. The van der Waals surface area contributed by atoms with E-state index >= 15 is 0 Å². The summed E-state index contributed by atoms with van der Waals surface area (Å²) < 4.78 is 1.45. The van der Waals surface area contributed by atoms with Crippen molar-refractivity contribution >= 4 is 15.0 Å². The van der Waals surface area contributed by atoms with Gasteiger partial charge in [-0.05, 0) is 0 Å². The second-order valence-corrected chi connectivity index (χ2v) is 7.49. The number of hydrogen-bond donors (Lipinski definition) is 2. The van der Waals surface area contributed by atoms with E-state index in [9.17, 15) is 14.7 Å². The van der Waals surface area contributed by atoms with Gasteiger partial charge in [0.2, 0.25) is 0 Å². The van der Waals surface area contributed by atoms with E-state index in [4.69, 9.17) is 5.53 Å². The molecule has 0 spiro atoms. The van der Waals surface area contributed by atoms with Crippen LogP contribution < -0.4 is 11.2 Å².